The Bertz CT molecular complexity index is 503. The zero-order valence-electron chi connectivity index (χ0n) is 9.50. The van der Waals surface area contributed by atoms with Gasteiger partial charge in [0.2, 0.25) is 0 Å². The molecule has 0 unspecified atom stereocenters. The zero-order valence-corrected chi connectivity index (χ0v) is 9.50. The van der Waals surface area contributed by atoms with Gasteiger partial charge in [-0.05, 0) is 12.1 Å². The zero-order chi connectivity index (χ0) is 12.1. The van der Waals surface area contributed by atoms with E-state index in [0.717, 1.165) is 17.0 Å². The van der Waals surface area contributed by atoms with Gasteiger partial charge in [-0.3, -0.25) is 0 Å². The van der Waals surface area contributed by atoms with Crippen LogP contribution >= 0.6 is 0 Å². The highest BCUT2D eigenvalue weighted by Gasteiger charge is 2.04. The van der Waals surface area contributed by atoms with E-state index in [-0.39, 0.29) is 6.61 Å². The number of aliphatic hydroxyl groups is 1. The number of aromatic nitrogens is 3. The molecule has 2 aromatic rings. The highest BCUT2D eigenvalue weighted by Crippen LogP contribution is 2.21. The summed E-state index contributed by atoms with van der Waals surface area (Å²) in [5.41, 5.74) is 1.64. The molecule has 1 aromatic carbocycles. The van der Waals surface area contributed by atoms with E-state index in [2.05, 4.69) is 15.2 Å². The molecule has 0 radical (unpaired) electrons. The van der Waals surface area contributed by atoms with Crippen LogP contribution in [-0.4, -0.2) is 34.0 Å². The molecule has 2 rings (SSSR count). The minimum atomic E-state index is 0.0171. The summed E-state index contributed by atoms with van der Waals surface area (Å²) in [6, 6.07) is 7.57. The summed E-state index contributed by atoms with van der Waals surface area (Å²) in [5.74, 6) is 1.30. The smallest absolute Gasteiger partial charge is 0.153 e. The number of hydrogen-bond acceptors (Lipinski definition) is 5. The largest absolute Gasteiger partial charge is 0.497 e. The van der Waals surface area contributed by atoms with Crippen molar-refractivity contribution < 1.29 is 9.84 Å². The molecule has 0 aliphatic heterocycles. The number of hydrogen-bond donors (Lipinski definition) is 1. The highest BCUT2D eigenvalue weighted by atomic mass is 16.5. The van der Waals surface area contributed by atoms with Crippen molar-refractivity contribution in [3.63, 3.8) is 0 Å². The van der Waals surface area contributed by atoms with Crippen molar-refractivity contribution in [3.8, 4) is 17.0 Å². The van der Waals surface area contributed by atoms with Gasteiger partial charge in [0.15, 0.2) is 5.82 Å². The minimum absolute atomic E-state index is 0.0171. The lowest BCUT2D eigenvalue weighted by Crippen LogP contribution is -2.01. The maximum absolute atomic E-state index is 8.84. The van der Waals surface area contributed by atoms with Gasteiger partial charge < -0.3 is 9.84 Å². The molecule has 1 heterocycles. The maximum Gasteiger partial charge on any atom is 0.153 e. The summed E-state index contributed by atoms with van der Waals surface area (Å²) in [6.45, 7) is 0.0171. The van der Waals surface area contributed by atoms with Crippen LogP contribution in [0.4, 0.5) is 0 Å². The first-order valence-corrected chi connectivity index (χ1v) is 5.27. The number of methoxy groups -OCH3 is 1. The summed E-state index contributed by atoms with van der Waals surface area (Å²) in [5, 5.41) is 16.6. The van der Waals surface area contributed by atoms with E-state index in [4.69, 9.17) is 9.84 Å². The third kappa shape index (κ3) is 2.76. The van der Waals surface area contributed by atoms with Gasteiger partial charge in [0.25, 0.3) is 0 Å². The van der Waals surface area contributed by atoms with Gasteiger partial charge in [-0.1, -0.05) is 12.1 Å². The van der Waals surface area contributed by atoms with Crippen molar-refractivity contribution in [1.82, 2.24) is 15.2 Å². The Balaban J connectivity index is 2.34. The molecule has 0 saturated carbocycles. The van der Waals surface area contributed by atoms with Crippen molar-refractivity contribution in [1.29, 1.82) is 0 Å². The van der Waals surface area contributed by atoms with Gasteiger partial charge in [0.1, 0.15) is 5.75 Å². The van der Waals surface area contributed by atoms with Gasteiger partial charge >= 0.3 is 0 Å². The van der Waals surface area contributed by atoms with E-state index in [1.165, 1.54) is 0 Å². The first-order valence-electron chi connectivity index (χ1n) is 5.27. The third-order valence-corrected chi connectivity index (χ3v) is 2.30. The Morgan fingerprint density at radius 1 is 1.35 bits per heavy atom. The molecule has 0 aliphatic rings. The average Bonchev–Trinajstić information content (AvgIpc) is 2.40. The van der Waals surface area contributed by atoms with Crippen LogP contribution in [0.2, 0.25) is 0 Å². The molecule has 0 amide bonds. The Labute approximate surface area is 99.1 Å². The predicted octanol–water partition coefficient (Wildman–Crippen LogP) is 1.08. The van der Waals surface area contributed by atoms with Crippen LogP contribution in [0.15, 0.2) is 30.5 Å². The van der Waals surface area contributed by atoms with Crippen molar-refractivity contribution in [3.05, 3.63) is 36.3 Å². The Morgan fingerprint density at radius 3 is 3.00 bits per heavy atom. The number of benzene rings is 1. The maximum atomic E-state index is 8.84. The summed E-state index contributed by atoms with van der Waals surface area (Å²) in [4.78, 5) is 4.32. The molecule has 1 N–H and O–H groups in total. The predicted molar refractivity (Wildman–Crippen MR) is 62.6 cm³/mol. The molecular formula is C12H13N3O2. The van der Waals surface area contributed by atoms with E-state index in [1.54, 1.807) is 13.3 Å². The summed E-state index contributed by atoms with van der Waals surface area (Å²) < 4.78 is 5.15. The summed E-state index contributed by atoms with van der Waals surface area (Å²) in [6.07, 6.45) is 2.00. The lowest BCUT2D eigenvalue weighted by atomic mass is 10.1. The van der Waals surface area contributed by atoms with Gasteiger partial charge in [-0.25, -0.2) is 4.98 Å². The second-order valence-corrected chi connectivity index (χ2v) is 3.46. The van der Waals surface area contributed by atoms with Crippen molar-refractivity contribution in [2.24, 2.45) is 0 Å². The molecule has 0 bridgehead atoms. The van der Waals surface area contributed by atoms with Crippen LogP contribution in [0.1, 0.15) is 5.82 Å². The fourth-order valence-corrected chi connectivity index (χ4v) is 1.47. The fourth-order valence-electron chi connectivity index (χ4n) is 1.47. The normalized spacial score (nSPS) is 10.2. The summed E-state index contributed by atoms with van der Waals surface area (Å²) >= 11 is 0. The number of rotatable bonds is 4. The highest BCUT2D eigenvalue weighted by molar-refractivity contribution is 5.60. The van der Waals surface area contributed by atoms with Crippen LogP contribution in [0.5, 0.6) is 5.75 Å². The van der Waals surface area contributed by atoms with Gasteiger partial charge in [-0.2, -0.15) is 5.10 Å². The lowest BCUT2D eigenvalue weighted by molar-refractivity contribution is 0.296. The van der Waals surface area contributed by atoms with E-state index in [9.17, 15) is 0 Å². The molecule has 88 valence electrons. The van der Waals surface area contributed by atoms with E-state index < -0.39 is 0 Å². The van der Waals surface area contributed by atoms with E-state index in [1.807, 2.05) is 24.3 Å². The number of nitrogens with zero attached hydrogens (tertiary/aromatic N) is 3. The number of aliphatic hydroxyl groups excluding tert-OH is 1. The molecule has 5 heteroatoms. The second kappa shape index (κ2) is 5.36. The van der Waals surface area contributed by atoms with Crippen molar-refractivity contribution >= 4 is 0 Å². The second-order valence-electron chi connectivity index (χ2n) is 3.46. The fraction of sp³-hybridized carbons (Fsp3) is 0.250. The Hall–Kier alpha value is -2.01. The standard InChI is InChI=1S/C12H13N3O2/c1-17-10-4-2-3-9(7-10)11-8-13-15-12(14-11)5-6-16/h2-4,7-8,16H,5-6H2,1H3. The lowest BCUT2D eigenvalue weighted by Gasteiger charge is -2.04. The molecule has 1 aromatic heterocycles. The molecule has 17 heavy (non-hydrogen) atoms. The first-order chi connectivity index (χ1) is 8.33. The molecule has 0 fully saturated rings. The topological polar surface area (TPSA) is 68.1 Å². The Kier molecular flexibility index (Phi) is 3.62. The van der Waals surface area contributed by atoms with Crippen molar-refractivity contribution in [2.45, 2.75) is 6.42 Å². The van der Waals surface area contributed by atoms with Crippen LogP contribution < -0.4 is 4.74 Å². The molecule has 0 atom stereocenters. The first kappa shape index (κ1) is 11.5. The van der Waals surface area contributed by atoms with Crippen LogP contribution in [-0.2, 0) is 6.42 Å². The Morgan fingerprint density at radius 2 is 2.24 bits per heavy atom. The average molecular weight is 231 g/mol. The molecular weight excluding hydrogens is 218 g/mol. The summed E-state index contributed by atoms with van der Waals surface area (Å²) in [7, 11) is 1.62. The van der Waals surface area contributed by atoms with Gasteiger partial charge in [0.05, 0.1) is 25.6 Å². The third-order valence-electron chi connectivity index (χ3n) is 2.30. The molecule has 0 saturated heterocycles. The van der Waals surface area contributed by atoms with Gasteiger partial charge in [0, 0.05) is 12.0 Å². The van der Waals surface area contributed by atoms with Crippen LogP contribution in [0, 0.1) is 0 Å². The minimum Gasteiger partial charge on any atom is -0.497 e. The van der Waals surface area contributed by atoms with Crippen LogP contribution in [0.3, 0.4) is 0 Å². The van der Waals surface area contributed by atoms with E-state index >= 15 is 0 Å². The molecule has 0 spiro atoms. The molecule has 5 nitrogen and oxygen atoms in total. The van der Waals surface area contributed by atoms with Gasteiger partial charge in [-0.15, -0.1) is 5.10 Å². The van der Waals surface area contributed by atoms with Crippen molar-refractivity contribution in [2.75, 3.05) is 13.7 Å². The SMILES string of the molecule is COc1cccc(-c2cnnc(CCO)n2)c1. The van der Waals surface area contributed by atoms with E-state index in [0.29, 0.717) is 12.2 Å². The monoisotopic (exact) mass is 231 g/mol. The van der Waals surface area contributed by atoms with Crippen LogP contribution in [0.25, 0.3) is 11.3 Å². The molecule has 0 aliphatic carbocycles. The quantitative estimate of drug-likeness (QED) is 0.852. The number of ether oxygens (including phenoxy) is 1.